The molecule has 0 aromatic heterocycles. The average molecular weight is 376 g/mol. The first-order chi connectivity index (χ1) is 10.0. The summed E-state index contributed by atoms with van der Waals surface area (Å²) < 4.78 is 0. The number of halogens is 2. The number of benzene rings is 1. The van der Waals surface area contributed by atoms with Crippen LogP contribution in [0.15, 0.2) is 18.2 Å². The van der Waals surface area contributed by atoms with Gasteiger partial charge in [0, 0.05) is 24.5 Å². The Balaban J connectivity index is 2.25. The molecule has 1 aromatic rings. The molecule has 0 spiro atoms. The molecular formula is C14H16BrClN2O3. The van der Waals surface area contributed by atoms with E-state index in [1.165, 1.54) is 18.2 Å². The fourth-order valence-electron chi connectivity index (χ4n) is 2.67. The van der Waals surface area contributed by atoms with Crippen LogP contribution in [0.2, 0.25) is 5.02 Å². The molecule has 5 nitrogen and oxygen atoms in total. The molecule has 1 fully saturated rings. The molecule has 2 rings (SSSR count). The molecule has 1 atom stereocenters. The summed E-state index contributed by atoms with van der Waals surface area (Å²) in [5, 5.41) is 12.1. The Morgan fingerprint density at radius 1 is 1.52 bits per heavy atom. The largest absolute Gasteiger partial charge is 0.338 e. The van der Waals surface area contributed by atoms with Crippen LogP contribution in [0.25, 0.3) is 0 Å². The molecule has 7 heteroatoms. The highest BCUT2D eigenvalue weighted by molar-refractivity contribution is 9.09. The number of nitrogens with zero attached hydrogens (tertiary/aromatic N) is 2. The monoisotopic (exact) mass is 374 g/mol. The maximum absolute atomic E-state index is 12.6. The number of carbonyl (C=O) groups is 1. The number of alkyl halides is 1. The molecule has 21 heavy (non-hydrogen) atoms. The first kappa shape index (κ1) is 16.2. The topological polar surface area (TPSA) is 63.4 Å². The quantitative estimate of drug-likeness (QED) is 0.456. The van der Waals surface area contributed by atoms with Crippen LogP contribution < -0.4 is 0 Å². The molecule has 0 saturated carbocycles. The predicted molar refractivity (Wildman–Crippen MR) is 85.1 cm³/mol. The highest BCUT2D eigenvalue weighted by Crippen LogP contribution is 2.29. The number of piperidine rings is 1. The fourth-order valence-corrected chi connectivity index (χ4v) is 3.57. The van der Waals surface area contributed by atoms with Crippen molar-refractivity contribution in [1.29, 1.82) is 0 Å². The van der Waals surface area contributed by atoms with E-state index < -0.39 is 4.92 Å². The summed E-state index contributed by atoms with van der Waals surface area (Å²) in [4.78, 5) is 24.8. The van der Waals surface area contributed by atoms with E-state index in [2.05, 4.69) is 15.9 Å². The Morgan fingerprint density at radius 3 is 2.95 bits per heavy atom. The van der Waals surface area contributed by atoms with E-state index in [0.717, 1.165) is 24.6 Å². The van der Waals surface area contributed by atoms with E-state index in [0.29, 0.717) is 19.0 Å². The minimum atomic E-state index is -0.557. The summed E-state index contributed by atoms with van der Waals surface area (Å²) in [6, 6.07) is 4.32. The third-order valence-electron chi connectivity index (χ3n) is 3.73. The lowest BCUT2D eigenvalue weighted by molar-refractivity contribution is -0.385. The summed E-state index contributed by atoms with van der Waals surface area (Å²) in [5.74, 6) is 0.0928. The Kier molecular flexibility index (Phi) is 5.58. The molecule has 0 bridgehead atoms. The Bertz CT molecular complexity index is 551. The molecule has 1 aliphatic rings. The molecule has 0 radical (unpaired) electrons. The second-order valence-corrected chi connectivity index (χ2v) is 6.33. The average Bonchev–Trinajstić information content (AvgIpc) is 2.47. The van der Waals surface area contributed by atoms with Crippen molar-refractivity contribution in [3.63, 3.8) is 0 Å². The summed E-state index contributed by atoms with van der Waals surface area (Å²) in [7, 11) is 0. The van der Waals surface area contributed by atoms with E-state index in [1.807, 2.05) is 0 Å². The maximum Gasteiger partial charge on any atom is 0.283 e. The lowest BCUT2D eigenvalue weighted by Gasteiger charge is -2.32. The van der Waals surface area contributed by atoms with Crippen molar-refractivity contribution in [2.75, 3.05) is 18.4 Å². The SMILES string of the molecule is O=C(c1c(Cl)cccc1[N+](=O)[O-])N1CCCC(CCBr)C1. The van der Waals surface area contributed by atoms with E-state index in [-0.39, 0.29) is 22.2 Å². The molecule has 0 N–H and O–H groups in total. The van der Waals surface area contributed by atoms with Gasteiger partial charge in [-0.3, -0.25) is 14.9 Å². The molecule has 0 aliphatic carbocycles. The van der Waals surface area contributed by atoms with Crippen LogP contribution in [0.3, 0.4) is 0 Å². The normalized spacial score (nSPS) is 18.6. The summed E-state index contributed by atoms with van der Waals surface area (Å²) >= 11 is 9.44. The number of carbonyl (C=O) groups excluding carboxylic acids is 1. The minimum Gasteiger partial charge on any atom is -0.338 e. The van der Waals surface area contributed by atoms with Gasteiger partial charge >= 0.3 is 0 Å². The van der Waals surface area contributed by atoms with Crippen molar-refractivity contribution in [2.45, 2.75) is 19.3 Å². The van der Waals surface area contributed by atoms with Gasteiger partial charge in [-0.25, -0.2) is 0 Å². The Labute approximate surface area is 136 Å². The number of hydrogen-bond donors (Lipinski definition) is 0. The first-order valence-corrected chi connectivity index (χ1v) is 8.32. The maximum atomic E-state index is 12.6. The zero-order chi connectivity index (χ0) is 15.4. The van der Waals surface area contributed by atoms with E-state index >= 15 is 0 Å². The molecule has 1 amide bonds. The van der Waals surface area contributed by atoms with Crippen LogP contribution in [0.4, 0.5) is 5.69 Å². The highest BCUT2D eigenvalue weighted by Gasteiger charge is 2.30. The van der Waals surface area contributed by atoms with Crippen LogP contribution in [0, 0.1) is 16.0 Å². The number of nitro groups is 1. The molecule has 1 saturated heterocycles. The smallest absolute Gasteiger partial charge is 0.283 e. The van der Waals surface area contributed by atoms with Gasteiger partial charge in [0.25, 0.3) is 11.6 Å². The zero-order valence-electron chi connectivity index (χ0n) is 11.4. The van der Waals surface area contributed by atoms with E-state index in [1.54, 1.807) is 4.90 Å². The van der Waals surface area contributed by atoms with Gasteiger partial charge in [-0.1, -0.05) is 33.6 Å². The van der Waals surface area contributed by atoms with Gasteiger partial charge in [-0.2, -0.15) is 0 Å². The van der Waals surface area contributed by atoms with E-state index in [9.17, 15) is 14.9 Å². The number of rotatable bonds is 4. The number of hydrogen-bond acceptors (Lipinski definition) is 3. The highest BCUT2D eigenvalue weighted by atomic mass is 79.9. The molecule has 1 aromatic carbocycles. The van der Waals surface area contributed by atoms with E-state index in [4.69, 9.17) is 11.6 Å². The lowest BCUT2D eigenvalue weighted by Crippen LogP contribution is -2.40. The van der Waals surface area contributed by atoms with Crippen molar-refractivity contribution in [2.24, 2.45) is 5.92 Å². The van der Waals surface area contributed by atoms with Crippen molar-refractivity contribution in [3.05, 3.63) is 38.9 Å². The van der Waals surface area contributed by atoms with Crippen molar-refractivity contribution in [1.82, 2.24) is 4.90 Å². The van der Waals surface area contributed by atoms with Gasteiger partial charge in [-0.15, -0.1) is 0 Å². The van der Waals surface area contributed by atoms with Crippen LogP contribution in [0.1, 0.15) is 29.6 Å². The van der Waals surface area contributed by atoms with Crippen molar-refractivity contribution in [3.8, 4) is 0 Å². The van der Waals surface area contributed by atoms with Crippen LogP contribution >= 0.6 is 27.5 Å². The molecular weight excluding hydrogens is 360 g/mol. The lowest BCUT2D eigenvalue weighted by atomic mass is 9.95. The predicted octanol–water partition coefficient (Wildman–Crippen LogP) is 3.89. The van der Waals surface area contributed by atoms with Gasteiger partial charge in [0.15, 0.2) is 0 Å². The Hall–Kier alpha value is -1.14. The van der Waals surface area contributed by atoms with Gasteiger partial charge in [0.1, 0.15) is 5.56 Å². The van der Waals surface area contributed by atoms with Crippen LogP contribution in [0.5, 0.6) is 0 Å². The van der Waals surface area contributed by atoms with Crippen molar-refractivity contribution < 1.29 is 9.72 Å². The van der Waals surface area contributed by atoms with Gasteiger partial charge < -0.3 is 4.90 Å². The number of amides is 1. The van der Waals surface area contributed by atoms with Gasteiger partial charge in [-0.05, 0) is 31.2 Å². The number of likely N-dealkylation sites (tertiary alicyclic amines) is 1. The van der Waals surface area contributed by atoms with Crippen LogP contribution in [-0.4, -0.2) is 34.2 Å². The Morgan fingerprint density at radius 2 is 2.29 bits per heavy atom. The van der Waals surface area contributed by atoms with Crippen molar-refractivity contribution >= 4 is 39.1 Å². The zero-order valence-corrected chi connectivity index (χ0v) is 13.8. The second-order valence-electron chi connectivity index (χ2n) is 5.13. The van der Waals surface area contributed by atoms with Crippen LogP contribution in [-0.2, 0) is 0 Å². The molecule has 1 aliphatic heterocycles. The third-order valence-corrected chi connectivity index (χ3v) is 4.50. The molecule has 1 unspecified atom stereocenters. The third kappa shape index (κ3) is 3.74. The number of nitro benzene ring substituents is 1. The standard InChI is InChI=1S/C14H16BrClN2O3/c15-7-6-10-3-2-8-17(9-10)14(19)13-11(16)4-1-5-12(13)18(20)21/h1,4-5,10H,2-3,6-9H2. The summed E-state index contributed by atoms with van der Waals surface area (Å²) in [5.41, 5.74) is -0.223. The fraction of sp³-hybridized carbons (Fsp3) is 0.500. The molecule has 1 heterocycles. The molecule has 114 valence electrons. The second kappa shape index (κ2) is 7.22. The van der Waals surface area contributed by atoms with Gasteiger partial charge in [0.05, 0.1) is 9.95 Å². The van der Waals surface area contributed by atoms with Gasteiger partial charge in [0.2, 0.25) is 0 Å². The minimum absolute atomic E-state index is 0.00339. The summed E-state index contributed by atoms with van der Waals surface area (Å²) in [6.07, 6.45) is 3.00. The summed E-state index contributed by atoms with van der Waals surface area (Å²) in [6.45, 7) is 1.26. The first-order valence-electron chi connectivity index (χ1n) is 6.82.